The minimum absolute atomic E-state index is 0.447. The van der Waals surface area contributed by atoms with Crippen LogP contribution in [0.2, 0.25) is 0 Å². The lowest BCUT2D eigenvalue weighted by atomic mass is 9.90. The number of rotatable bonds is 5. The van der Waals surface area contributed by atoms with E-state index in [0.717, 1.165) is 25.0 Å². The fraction of sp³-hybridized carbons (Fsp3) is 0.667. The van der Waals surface area contributed by atoms with E-state index in [1.54, 1.807) is 5.56 Å². The first-order chi connectivity index (χ1) is 9.76. The zero-order chi connectivity index (χ0) is 13.9. The molecule has 1 aromatic carbocycles. The van der Waals surface area contributed by atoms with Crippen molar-refractivity contribution in [3.8, 4) is 0 Å². The minimum atomic E-state index is 0.447. The molecule has 0 heterocycles. The maximum atomic E-state index is 6.02. The van der Waals surface area contributed by atoms with Gasteiger partial charge in [0.05, 0.1) is 0 Å². The normalized spacial score (nSPS) is 26.9. The minimum Gasteiger partial charge on any atom is -0.328 e. The van der Waals surface area contributed by atoms with Gasteiger partial charge in [0.15, 0.2) is 0 Å². The summed E-state index contributed by atoms with van der Waals surface area (Å²) in [7, 11) is 0. The first-order valence-electron chi connectivity index (χ1n) is 8.34. The van der Waals surface area contributed by atoms with E-state index in [1.165, 1.54) is 44.1 Å². The second-order valence-corrected chi connectivity index (χ2v) is 6.65. The molecular formula is C18H28N2. The molecule has 0 amide bonds. The summed E-state index contributed by atoms with van der Waals surface area (Å²) in [6.45, 7) is 4.53. The van der Waals surface area contributed by atoms with E-state index in [4.69, 9.17) is 5.73 Å². The Kier molecular flexibility index (Phi) is 4.42. The van der Waals surface area contributed by atoms with Gasteiger partial charge < -0.3 is 5.73 Å². The van der Waals surface area contributed by atoms with Gasteiger partial charge in [0.25, 0.3) is 0 Å². The maximum Gasteiger partial charge on any atom is 0.0236 e. The molecule has 2 N–H and O–H groups in total. The summed E-state index contributed by atoms with van der Waals surface area (Å²) in [5.74, 6) is 0.867. The van der Waals surface area contributed by atoms with Gasteiger partial charge in [-0.2, -0.15) is 0 Å². The smallest absolute Gasteiger partial charge is 0.0236 e. The van der Waals surface area contributed by atoms with Crippen LogP contribution in [-0.4, -0.2) is 23.5 Å². The summed E-state index contributed by atoms with van der Waals surface area (Å²) in [5, 5.41) is 0. The first-order valence-corrected chi connectivity index (χ1v) is 8.34. The van der Waals surface area contributed by atoms with Crippen LogP contribution in [-0.2, 0) is 6.54 Å². The highest BCUT2D eigenvalue weighted by atomic mass is 15.1. The lowest BCUT2D eigenvalue weighted by Crippen LogP contribution is -2.40. The fourth-order valence-corrected chi connectivity index (χ4v) is 3.51. The second-order valence-electron chi connectivity index (χ2n) is 6.65. The zero-order valence-corrected chi connectivity index (χ0v) is 12.7. The molecular weight excluding hydrogens is 244 g/mol. The van der Waals surface area contributed by atoms with Crippen molar-refractivity contribution in [2.45, 2.75) is 70.0 Å². The van der Waals surface area contributed by atoms with Crippen LogP contribution in [0, 0.1) is 0 Å². The molecule has 0 atom stereocenters. The molecule has 20 heavy (non-hydrogen) atoms. The van der Waals surface area contributed by atoms with Crippen molar-refractivity contribution >= 4 is 0 Å². The van der Waals surface area contributed by atoms with Crippen LogP contribution in [0.3, 0.4) is 0 Å². The highest BCUT2D eigenvalue weighted by molar-refractivity contribution is 5.28. The van der Waals surface area contributed by atoms with Gasteiger partial charge in [0.2, 0.25) is 0 Å². The monoisotopic (exact) mass is 272 g/mol. The van der Waals surface area contributed by atoms with Crippen LogP contribution >= 0.6 is 0 Å². The van der Waals surface area contributed by atoms with Gasteiger partial charge in [-0.3, -0.25) is 4.90 Å². The molecule has 2 aliphatic carbocycles. The summed E-state index contributed by atoms with van der Waals surface area (Å²) in [6, 6.07) is 10.6. The quantitative estimate of drug-likeness (QED) is 0.886. The molecule has 0 aromatic heterocycles. The number of benzene rings is 1. The van der Waals surface area contributed by atoms with Gasteiger partial charge in [-0.05, 0) is 62.1 Å². The molecule has 0 aliphatic heterocycles. The lowest BCUT2D eigenvalue weighted by Gasteiger charge is -2.35. The van der Waals surface area contributed by atoms with Gasteiger partial charge in [0.1, 0.15) is 0 Å². The molecule has 0 bridgehead atoms. The summed E-state index contributed by atoms with van der Waals surface area (Å²) in [5.41, 5.74) is 9.03. The van der Waals surface area contributed by atoms with Crippen LogP contribution in [0.25, 0.3) is 0 Å². The highest BCUT2D eigenvalue weighted by Crippen LogP contribution is 2.40. The van der Waals surface area contributed by atoms with Gasteiger partial charge in [-0.25, -0.2) is 0 Å². The number of nitrogens with zero attached hydrogens (tertiary/aromatic N) is 1. The molecule has 3 rings (SSSR count). The van der Waals surface area contributed by atoms with E-state index in [1.807, 2.05) is 0 Å². The summed E-state index contributed by atoms with van der Waals surface area (Å²) in [4.78, 5) is 2.64. The van der Waals surface area contributed by atoms with Crippen molar-refractivity contribution in [3.63, 3.8) is 0 Å². The number of nitrogens with two attached hydrogens (primary N) is 1. The van der Waals surface area contributed by atoms with E-state index in [9.17, 15) is 0 Å². The maximum absolute atomic E-state index is 6.02. The Hall–Kier alpha value is -0.860. The summed E-state index contributed by atoms with van der Waals surface area (Å²) >= 11 is 0. The zero-order valence-electron chi connectivity index (χ0n) is 12.7. The van der Waals surface area contributed by atoms with E-state index in [-0.39, 0.29) is 0 Å². The number of hydrogen-bond donors (Lipinski definition) is 1. The molecule has 0 spiro atoms. The third-order valence-electron chi connectivity index (χ3n) is 5.08. The SMILES string of the molecule is CCN(Cc1ccc(C2CC2)cc1)C1CCC(N)CC1. The molecule has 0 unspecified atom stereocenters. The Balaban J connectivity index is 1.58. The van der Waals surface area contributed by atoms with Crippen LogP contribution in [0.1, 0.15) is 62.5 Å². The van der Waals surface area contributed by atoms with Gasteiger partial charge in [0, 0.05) is 18.6 Å². The molecule has 0 saturated heterocycles. The van der Waals surface area contributed by atoms with E-state index in [2.05, 4.69) is 36.1 Å². The van der Waals surface area contributed by atoms with Crippen molar-refractivity contribution < 1.29 is 0 Å². The van der Waals surface area contributed by atoms with Crippen molar-refractivity contribution in [2.75, 3.05) is 6.54 Å². The molecule has 2 heteroatoms. The highest BCUT2D eigenvalue weighted by Gasteiger charge is 2.24. The van der Waals surface area contributed by atoms with Gasteiger partial charge >= 0.3 is 0 Å². The van der Waals surface area contributed by atoms with E-state index < -0.39 is 0 Å². The van der Waals surface area contributed by atoms with Crippen LogP contribution in [0.15, 0.2) is 24.3 Å². The van der Waals surface area contributed by atoms with E-state index >= 15 is 0 Å². The third-order valence-corrected chi connectivity index (χ3v) is 5.08. The topological polar surface area (TPSA) is 29.3 Å². The standard InChI is InChI=1S/C18H28N2/c1-2-20(18-11-9-17(19)10-12-18)13-14-3-5-15(6-4-14)16-7-8-16/h3-6,16-18H,2,7-13,19H2,1H3. The molecule has 0 radical (unpaired) electrons. The van der Waals surface area contributed by atoms with Crippen molar-refractivity contribution in [2.24, 2.45) is 5.73 Å². The molecule has 1 aromatic rings. The Bertz CT molecular complexity index is 414. The average Bonchev–Trinajstić information content (AvgIpc) is 3.31. The Morgan fingerprint density at radius 2 is 1.65 bits per heavy atom. The lowest BCUT2D eigenvalue weighted by molar-refractivity contribution is 0.149. The summed E-state index contributed by atoms with van der Waals surface area (Å²) < 4.78 is 0. The molecule has 110 valence electrons. The second kappa shape index (κ2) is 6.28. The average molecular weight is 272 g/mol. The molecule has 2 saturated carbocycles. The predicted molar refractivity (Wildman–Crippen MR) is 84.7 cm³/mol. The van der Waals surface area contributed by atoms with Crippen LogP contribution < -0.4 is 5.73 Å². The van der Waals surface area contributed by atoms with Crippen LogP contribution in [0.4, 0.5) is 0 Å². The van der Waals surface area contributed by atoms with E-state index in [0.29, 0.717) is 6.04 Å². The number of hydrogen-bond acceptors (Lipinski definition) is 2. The fourth-order valence-electron chi connectivity index (χ4n) is 3.51. The van der Waals surface area contributed by atoms with Crippen molar-refractivity contribution in [3.05, 3.63) is 35.4 Å². The van der Waals surface area contributed by atoms with Crippen LogP contribution in [0.5, 0.6) is 0 Å². The van der Waals surface area contributed by atoms with Crippen molar-refractivity contribution in [1.29, 1.82) is 0 Å². The van der Waals surface area contributed by atoms with Crippen molar-refractivity contribution in [1.82, 2.24) is 4.90 Å². The predicted octanol–water partition coefficient (Wildman–Crippen LogP) is 3.66. The Morgan fingerprint density at radius 3 is 2.20 bits per heavy atom. The van der Waals surface area contributed by atoms with Gasteiger partial charge in [-0.1, -0.05) is 31.2 Å². The largest absolute Gasteiger partial charge is 0.328 e. The summed E-state index contributed by atoms with van der Waals surface area (Å²) in [6.07, 6.45) is 7.72. The Morgan fingerprint density at radius 1 is 1.00 bits per heavy atom. The van der Waals surface area contributed by atoms with Gasteiger partial charge in [-0.15, -0.1) is 0 Å². The Labute approximate surface area is 123 Å². The molecule has 2 fully saturated rings. The third kappa shape index (κ3) is 3.42. The first kappa shape index (κ1) is 14.1. The molecule has 2 aliphatic rings. The molecule has 2 nitrogen and oxygen atoms in total.